The Balaban J connectivity index is 2.36. The number of hydrogen-bond acceptors (Lipinski definition) is 3. The highest BCUT2D eigenvalue weighted by molar-refractivity contribution is 7.98. The molecule has 0 saturated carbocycles. The molecule has 74 valence electrons. The van der Waals surface area contributed by atoms with E-state index in [-0.39, 0.29) is 0 Å². The first-order valence-electron chi connectivity index (χ1n) is 4.53. The number of rotatable bonds is 3. The summed E-state index contributed by atoms with van der Waals surface area (Å²) in [5.74, 6) is 2.10. The Morgan fingerprint density at radius 2 is 2.36 bits per heavy atom. The van der Waals surface area contributed by atoms with Crippen LogP contribution in [0.5, 0.6) is 0 Å². The van der Waals surface area contributed by atoms with E-state index in [1.807, 2.05) is 30.0 Å². The molecule has 0 saturated heterocycles. The monoisotopic (exact) mass is 207 g/mol. The van der Waals surface area contributed by atoms with Gasteiger partial charge in [0.2, 0.25) is 0 Å². The van der Waals surface area contributed by atoms with Crippen LogP contribution in [0.3, 0.4) is 0 Å². The first kappa shape index (κ1) is 9.40. The third-order valence-corrected chi connectivity index (χ3v) is 2.75. The molecular formula is C10H13N3S. The minimum atomic E-state index is 0.745. The van der Waals surface area contributed by atoms with E-state index in [9.17, 15) is 0 Å². The molecule has 0 aliphatic rings. The van der Waals surface area contributed by atoms with Gasteiger partial charge in [0.05, 0.1) is 11.2 Å². The predicted molar refractivity (Wildman–Crippen MR) is 62.6 cm³/mol. The molecule has 0 unspecified atom stereocenters. The number of benzene rings is 1. The lowest BCUT2D eigenvalue weighted by molar-refractivity contribution is 1.01. The number of aryl methyl sites for hydroxylation is 1. The number of imidazole rings is 1. The fourth-order valence-electron chi connectivity index (χ4n) is 1.42. The molecule has 1 heterocycles. The molecule has 0 radical (unpaired) electrons. The van der Waals surface area contributed by atoms with Crippen molar-refractivity contribution in [1.29, 1.82) is 0 Å². The molecule has 0 aliphatic heterocycles. The van der Waals surface area contributed by atoms with E-state index in [1.165, 1.54) is 0 Å². The molecule has 0 spiro atoms. The first-order valence-corrected chi connectivity index (χ1v) is 5.92. The van der Waals surface area contributed by atoms with Crippen molar-refractivity contribution in [3.8, 4) is 0 Å². The zero-order chi connectivity index (χ0) is 9.97. The zero-order valence-corrected chi connectivity index (χ0v) is 8.90. The van der Waals surface area contributed by atoms with E-state index in [4.69, 9.17) is 5.73 Å². The summed E-state index contributed by atoms with van der Waals surface area (Å²) in [6, 6.07) is 5.82. The van der Waals surface area contributed by atoms with Crippen LogP contribution in [0.25, 0.3) is 11.0 Å². The molecule has 0 fully saturated rings. The Morgan fingerprint density at radius 3 is 3.07 bits per heavy atom. The summed E-state index contributed by atoms with van der Waals surface area (Å²) in [7, 11) is 0. The number of thioether (sulfide) groups is 1. The molecule has 3 N–H and O–H groups in total. The molecular weight excluding hydrogens is 194 g/mol. The third-order valence-electron chi connectivity index (χ3n) is 2.14. The lowest BCUT2D eigenvalue weighted by Gasteiger charge is -1.91. The number of H-pyrrole nitrogens is 1. The number of nitrogen functional groups attached to an aromatic ring is 1. The van der Waals surface area contributed by atoms with Crippen LogP contribution >= 0.6 is 11.8 Å². The van der Waals surface area contributed by atoms with Crippen molar-refractivity contribution in [2.45, 2.75) is 6.42 Å². The van der Waals surface area contributed by atoms with Gasteiger partial charge in [0.25, 0.3) is 0 Å². The zero-order valence-electron chi connectivity index (χ0n) is 8.08. The van der Waals surface area contributed by atoms with Crippen molar-refractivity contribution < 1.29 is 0 Å². The van der Waals surface area contributed by atoms with Crippen molar-refractivity contribution >= 4 is 28.5 Å². The highest BCUT2D eigenvalue weighted by Gasteiger charge is 2.03. The molecule has 3 nitrogen and oxygen atoms in total. The fourth-order valence-corrected chi connectivity index (χ4v) is 1.82. The lowest BCUT2D eigenvalue weighted by Crippen LogP contribution is -1.90. The Hall–Kier alpha value is -1.16. The van der Waals surface area contributed by atoms with Crippen molar-refractivity contribution in [1.82, 2.24) is 9.97 Å². The number of aromatic nitrogens is 2. The summed E-state index contributed by atoms with van der Waals surface area (Å²) in [6.07, 6.45) is 3.06. The lowest BCUT2D eigenvalue weighted by atomic mass is 10.3. The molecule has 0 bridgehead atoms. The van der Waals surface area contributed by atoms with E-state index in [0.717, 1.165) is 34.7 Å². The van der Waals surface area contributed by atoms with Crippen LogP contribution in [0.1, 0.15) is 5.82 Å². The molecule has 0 amide bonds. The first-order chi connectivity index (χ1) is 6.81. The van der Waals surface area contributed by atoms with E-state index >= 15 is 0 Å². The molecule has 0 atom stereocenters. The number of nitrogens with one attached hydrogen (secondary N) is 1. The average molecular weight is 207 g/mol. The standard InChI is InChI=1S/C10H13N3S/c1-14-6-5-9-12-8-4-2-3-7(11)10(8)13-9/h2-4H,5-6,11H2,1H3,(H,12,13). The topological polar surface area (TPSA) is 54.7 Å². The second-order valence-corrected chi connectivity index (χ2v) is 4.16. The number of para-hydroxylation sites is 1. The van der Waals surface area contributed by atoms with Crippen LogP contribution in [-0.2, 0) is 6.42 Å². The largest absolute Gasteiger partial charge is 0.397 e. The van der Waals surface area contributed by atoms with Gasteiger partial charge in [-0.1, -0.05) is 6.07 Å². The number of hydrogen-bond donors (Lipinski definition) is 2. The normalized spacial score (nSPS) is 10.9. The number of nitrogens with two attached hydrogens (primary N) is 1. The maximum absolute atomic E-state index is 5.81. The van der Waals surface area contributed by atoms with Gasteiger partial charge < -0.3 is 10.7 Å². The van der Waals surface area contributed by atoms with Crippen molar-refractivity contribution in [2.75, 3.05) is 17.7 Å². The Labute approximate surface area is 87.1 Å². The minimum absolute atomic E-state index is 0.745. The van der Waals surface area contributed by atoms with E-state index in [0.29, 0.717) is 0 Å². The highest BCUT2D eigenvalue weighted by Crippen LogP contribution is 2.18. The van der Waals surface area contributed by atoms with Gasteiger partial charge in [0, 0.05) is 12.2 Å². The van der Waals surface area contributed by atoms with Crippen LogP contribution in [-0.4, -0.2) is 22.0 Å². The van der Waals surface area contributed by atoms with E-state index in [1.54, 1.807) is 0 Å². The van der Waals surface area contributed by atoms with Crippen molar-refractivity contribution in [2.24, 2.45) is 0 Å². The van der Waals surface area contributed by atoms with Crippen LogP contribution in [0, 0.1) is 0 Å². The number of nitrogens with zero attached hydrogens (tertiary/aromatic N) is 1. The van der Waals surface area contributed by atoms with Crippen LogP contribution in [0.2, 0.25) is 0 Å². The fraction of sp³-hybridized carbons (Fsp3) is 0.300. The van der Waals surface area contributed by atoms with Crippen molar-refractivity contribution in [3.63, 3.8) is 0 Å². The maximum atomic E-state index is 5.81. The van der Waals surface area contributed by atoms with Crippen LogP contribution < -0.4 is 5.73 Å². The molecule has 0 aliphatic carbocycles. The highest BCUT2D eigenvalue weighted by atomic mass is 32.2. The van der Waals surface area contributed by atoms with E-state index in [2.05, 4.69) is 16.2 Å². The number of anilines is 1. The van der Waals surface area contributed by atoms with Gasteiger partial charge in [-0.15, -0.1) is 0 Å². The third kappa shape index (κ3) is 1.70. The predicted octanol–water partition coefficient (Wildman–Crippen LogP) is 2.05. The van der Waals surface area contributed by atoms with Crippen LogP contribution in [0.15, 0.2) is 18.2 Å². The molecule has 4 heteroatoms. The van der Waals surface area contributed by atoms with Crippen LogP contribution in [0.4, 0.5) is 5.69 Å². The molecule has 1 aromatic heterocycles. The summed E-state index contributed by atoms with van der Waals surface area (Å²) >= 11 is 1.82. The molecule has 1 aromatic carbocycles. The summed E-state index contributed by atoms with van der Waals surface area (Å²) in [5.41, 5.74) is 8.48. The smallest absolute Gasteiger partial charge is 0.111 e. The summed E-state index contributed by atoms with van der Waals surface area (Å²) in [6.45, 7) is 0. The summed E-state index contributed by atoms with van der Waals surface area (Å²) in [4.78, 5) is 7.72. The molecule has 2 aromatic rings. The average Bonchev–Trinajstić information content (AvgIpc) is 2.59. The second-order valence-electron chi connectivity index (χ2n) is 3.17. The molecule has 2 rings (SSSR count). The summed E-state index contributed by atoms with van der Waals surface area (Å²) in [5, 5.41) is 0. The number of fused-ring (bicyclic) bond motifs is 1. The van der Waals surface area contributed by atoms with Gasteiger partial charge in [-0.25, -0.2) is 4.98 Å². The SMILES string of the molecule is CSCCc1nc2c(N)cccc2[nH]1. The summed E-state index contributed by atoms with van der Waals surface area (Å²) < 4.78 is 0. The van der Waals surface area contributed by atoms with Gasteiger partial charge in [-0.05, 0) is 18.4 Å². The van der Waals surface area contributed by atoms with Crippen molar-refractivity contribution in [3.05, 3.63) is 24.0 Å². The van der Waals surface area contributed by atoms with Gasteiger partial charge in [-0.2, -0.15) is 11.8 Å². The number of aromatic amines is 1. The van der Waals surface area contributed by atoms with E-state index < -0.39 is 0 Å². The molecule has 14 heavy (non-hydrogen) atoms. The van der Waals surface area contributed by atoms with Gasteiger partial charge in [0.15, 0.2) is 0 Å². The maximum Gasteiger partial charge on any atom is 0.111 e. The van der Waals surface area contributed by atoms with Gasteiger partial charge in [0.1, 0.15) is 11.3 Å². The quantitative estimate of drug-likeness (QED) is 0.757. The Bertz CT molecular complexity index is 436. The minimum Gasteiger partial charge on any atom is -0.397 e. The Kier molecular flexibility index (Phi) is 2.63. The Morgan fingerprint density at radius 1 is 1.50 bits per heavy atom. The van der Waals surface area contributed by atoms with Gasteiger partial charge in [-0.3, -0.25) is 0 Å². The van der Waals surface area contributed by atoms with Gasteiger partial charge >= 0.3 is 0 Å². The second kappa shape index (κ2) is 3.92.